The van der Waals surface area contributed by atoms with Gasteiger partial charge in [-0.25, -0.2) is 0 Å². The Morgan fingerprint density at radius 2 is 1.04 bits per heavy atom. The molecule has 10 N–H and O–H groups in total. The van der Waals surface area contributed by atoms with Gasteiger partial charge in [0.2, 0.25) is 0 Å². The number of fused-ring (bicyclic) bond motifs is 1. The molecule has 0 heterocycles. The maximum absolute atomic E-state index is 12.2. The minimum absolute atomic E-state index is 0.113. The van der Waals surface area contributed by atoms with Crippen molar-refractivity contribution < 1.29 is 18.7 Å². The van der Waals surface area contributed by atoms with Gasteiger partial charge in [-0.15, -0.1) is 0 Å². The lowest BCUT2D eigenvalue weighted by Crippen LogP contribution is -2.30. The fourth-order valence-corrected chi connectivity index (χ4v) is 3.01. The Hall–Kier alpha value is -2.06. The van der Waals surface area contributed by atoms with E-state index in [1.165, 1.54) is 12.1 Å². The highest BCUT2D eigenvalue weighted by Crippen LogP contribution is 2.27. The van der Waals surface area contributed by atoms with Crippen LogP contribution in [-0.4, -0.2) is 11.8 Å². The molecule has 0 fully saturated rings. The summed E-state index contributed by atoms with van der Waals surface area (Å²) in [5, 5.41) is 4.75. The average Bonchev–Trinajstić information content (AvgIpc) is 2.42. The molecule has 2 aromatic rings. The second-order valence-electron chi connectivity index (χ2n) is 5.01. The molecule has 10 nitrogen and oxygen atoms in total. The minimum atomic E-state index is -3.77. The monoisotopic (exact) mass is 370 g/mol. The molecule has 2 rings (SSSR count). The minimum Gasteiger partial charge on any atom is -0.279 e. The van der Waals surface area contributed by atoms with Gasteiger partial charge in [-0.2, -0.15) is 0 Å². The molecule has 12 heteroatoms. The van der Waals surface area contributed by atoms with E-state index < -0.39 is 27.0 Å². The summed E-state index contributed by atoms with van der Waals surface area (Å²) in [6.07, 6.45) is 0. The molecule has 24 heavy (non-hydrogen) atoms. The second-order valence-corrected chi connectivity index (χ2v) is 8.29. The van der Waals surface area contributed by atoms with Gasteiger partial charge in [0.25, 0.3) is 11.8 Å². The number of nitrogens with one attached hydrogen (secondary N) is 2. The second kappa shape index (κ2) is 6.45. The Morgan fingerprint density at radius 1 is 0.708 bits per heavy atom. The molecule has 0 saturated heterocycles. The predicted molar refractivity (Wildman–Crippen MR) is 90.8 cm³/mol. The first-order valence-corrected chi connectivity index (χ1v) is 10.2. The quantitative estimate of drug-likeness (QED) is 0.414. The van der Waals surface area contributed by atoms with Gasteiger partial charge < -0.3 is 0 Å². The zero-order valence-electron chi connectivity index (χ0n) is 12.3. The van der Waals surface area contributed by atoms with Crippen LogP contribution in [0.4, 0.5) is 0 Å². The topological polar surface area (TPSA) is 196 Å². The molecular weight excluding hydrogens is 354 g/mol. The summed E-state index contributed by atoms with van der Waals surface area (Å²) in [7, 11) is -7.55. The number of rotatable bonds is 4. The van der Waals surface area contributed by atoms with Gasteiger partial charge in [0, 0.05) is 11.1 Å². The van der Waals surface area contributed by atoms with Crippen LogP contribution in [0.25, 0.3) is 10.8 Å². The maximum Gasteiger partial charge on any atom is 0.300 e. The molecule has 0 aromatic heterocycles. The van der Waals surface area contributed by atoms with Gasteiger partial charge >= 0.3 is 15.2 Å². The zero-order valence-corrected chi connectivity index (χ0v) is 14.1. The van der Waals surface area contributed by atoms with Gasteiger partial charge in [-0.3, -0.25) is 50.9 Å². The molecule has 0 bridgehead atoms. The van der Waals surface area contributed by atoms with Crippen LogP contribution in [0.3, 0.4) is 0 Å². The summed E-state index contributed by atoms with van der Waals surface area (Å²) >= 11 is 0. The van der Waals surface area contributed by atoms with Crippen molar-refractivity contribution in [2.45, 2.75) is 0 Å². The molecule has 0 aliphatic heterocycles. The van der Waals surface area contributed by atoms with Crippen LogP contribution in [0.2, 0.25) is 0 Å². The highest BCUT2D eigenvalue weighted by atomic mass is 31.2. The van der Waals surface area contributed by atoms with Crippen LogP contribution >= 0.6 is 15.2 Å². The molecule has 0 atom stereocenters. The molecule has 0 spiro atoms. The van der Waals surface area contributed by atoms with Crippen LogP contribution in [0.15, 0.2) is 36.4 Å². The first-order valence-electron chi connectivity index (χ1n) is 6.49. The fraction of sp³-hybridized carbons (Fsp3) is 0. The van der Waals surface area contributed by atoms with Crippen molar-refractivity contribution in [2.24, 2.45) is 22.0 Å². The van der Waals surface area contributed by atoms with E-state index in [9.17, 15) is 18.7 Å². The molecule has 0 radical (unpaired) electrons. The molecule has 0 aliphatic carbocycles. The first-order chi connectivity index (χ1) is 11.0. The van der Waals surface area contributed by atoms with E-state index in [0.717, 1.165) is 0 Å². The lowest BCUT2D eigenvalue weighted by molar-refractivity contribution is 0.0970. The summed E-state index contributed by atoms with van der Waals surface area (Å²) in [6.45, 7) is 0. The lowest BCUT2D eigenvalue weighted by Gasteiger charge is -2.14. The summed E-state index contributed by atoms with van der Waals surface area (Å²) < 4.78 is 22.7. The molecule has 2 amide bonds. The Kier molecular flexibility index (Phi) is 4.91. The maximum atomic E-state index is 12.2. The van der Waals surface area contributed by atoms with E-state index in [1.54, 1.807) is 24.3 Å². The smallest absolute Gasteiger partial charge is 0.279 e. The van der Waals surface area contributed by atoms with Crippen molar-refractivity contribution in [1.82, 2.24) is 10.2 Å². The fourth-order valence-electron chi connectivity index (χ4n) is 2.13. The Balaban J connectivity index is 2.55. The molecule has 0 unspecified atom stereocenters. The van der Waals surface area contributed by atoms with Gasteiger partial charge in [0.15, 0.2) is 0 Å². The predicted octanol–water partition coefficient (Wildman–Crippen LogP) is 0.350. The van der Waals surface area contributed by atoms with Crippen LogP contribution in [0.5, 0.6) is 0 Å². The Morgan fingerprint density at radius 3 is 1.33 bits per heavy atom. The number of amides is 2. The van der Waals surface area contributed by atoms with Gasteiger partial charge in [0.05, 0.1) is 0 Å². The summed E-state index contributed by atoms with van der Waals surface area (Å²) in [5.41, 5.74) is 20.8. The lowest BCUT2D eigenvalue weighted by atomic mass is 9.99. The number of carbonyl (C=O) groups excluding carboxylic acids is 2. The third kappa shape index (κ3) is 4.48. The Bertz CT molecular complexity index is 844. The highest BCUT2D eigenvalue weighted by molar-refractivity contribution is 7.58. The van der Waals surface area contributed by atoms with Crippen LogP contribution in [-0.2, 0) is 9.13 Å². The highest BCUT2D eigenvalue weighted by Gasteiger charge is 2.21. The first kappa shape index (κ1) is 18.3. The molecule has 2 aromatic carbocycles. The summed E-state index contributed by atoms with van der Waals surface area (Å²) in [4.78, 5) is 24.3. The third-order valence-corrected chi connectivity index (χ3v) is 4.07. The third-order valence-electron chi connectivity index (χ3n) is 2.97. The van der Waals surface area contributed by atoms with Gasteiger partial charge in [-0.1, -0.05) is 24.3 Å². The normalized spacial score (nSPS) is 12.0. The molecular formula is C12H16N6O4P2. The Labute approximate surface area is 137 Å². The molecule has 0 aliphatic rings. The van der Waals surface area contributed by atoms with E-state index in [4.69, 9.17) is 22.0 Å². The van der Waals surface area contributed by atoms with E-state index in [2.05, 4.69) is 0 Å². The molecule has 0 saturated carbocycles. The van der Waals surface area contributed by atoms with E-state index in [-0.39, 0.29) is 11.1 Å². The van der Waals surface area contributed by atoms with Crippen molar-refractivity contribution >= 4 is 37.8 Å². The van der Waals surface area contributed by atoms with Crippen molar-refractivity contribution in [2.75, 3.05) is 0 Å². The van der Waals surface area contributed by atoms with Crippen LogP contribution in [0.1, 0.15) is 20.7 Å². The summed E-state index contributed by atoms with van der Waals surface area (Å²) in [5.74, 6) is -1.51. The number of hydrogen-bond acceptors (Lipinski definition) is 4. The standard InChI is InChI=1S/C12H16N6O4P2/c13-23(14,21)17-11(19)9-5-6-10(12(20)18-24(15,16)22)8-4-2-1-3-7(8)9/h1-6H,(H5,13,14,17,19,21)(H5,15,16,18,20,22). The number of hydrogen-bond donors (Lipinski definition) is 6. The number of nitrogens with two attached hydrogens (primary N) is 4. The van der Waals surface area contributed by atoms with Gasteiger partial charge in [-0.05, 0) is 22.9 Å². The van der Waals surface area contributed by atoms with Crippen molar-refractivity contribution in [3.63, 3.8) is 0 Å². The zero-order chi connectivity index (χ0) is 18.1. The van der Waals surface area contributed by atoms with Crippen LogP contribution in [0, 0.1) is 0 Å². The van der Waals surface area contributed by atoms with Crippen molar-refractivity contribution in [3.8, 4) is 0 Å². The summed E-state index contributed by atoms with van der Waals surface area (Å²) in [6, 6.07) is 9.07. The largest absolute Gasteiger partial charge is 0.300 e. The van der Waals surface area contributed by atoms with E-state index in [0.29, 0.717) is 10.8 Å². The number of carbonyl (C=O) groups is 2. The number of benzene rings is 2. The van der Waals surface area contributed by atoms with E-state index >= 15 is 0 Å². The van der Waals surface area contributed by atoms with E-state index in [1.807, 2.05) is 10.2 Å². The van der Waals surface area contributed by atoms with Crippen molar-refractivity contribution in [1.29, 1.82) is 0 Å². The van der Waals surface area contributed by atoms with Crippen molar-refractivity contribution in [3.05, 3.63) is 47.5 Å². The SMILES string of the molecule is NP(N)(=O)NC(=O)c1ccc(C(=O)NP(N)(N)=O)c2ccccc12. The average molecular weight is 370 g/mol. The van der Waals surface area contributed by atoms with Crippen LogP contribution < -0.4 is 32.2 Å². The molecule has 128 valence electrons. The van der Waals surface area contributed by atoms with Gasteiger partial charge in [0.1, 0.15) is 0 Å².